The number of benzene rings is 1. The molecule has 0 aliphatic rings. The Bertz CT molecular complexity index is 657. The van der Waals surface area contributed by atoms with E-state index >= 15 is 0 Å². The third kappa shape index (κ3) is 4.04. The Morgan fingerprint density at radius 2 is 2.00 bits per heavy atom. The van der Waals surface area contributed by atoms with E-state index in [1.807, 2.05) is 6.92 Å². The molecule has 1 atom stereocenters. The van der Waals surface area contributed by atoms with E-state index in [0.29, 0.717) is 13.0 Å². The third-order valence-corrected chi connectivity index (χ3v) is 5.63. The van der Waals surface area contributed by atoms with Crippen molar-refractivity contribution < 1.29 is 23.1 Å². The number of sulfone groups is 1. The maximum absolute atomic E-state index is 12.4. The van der Waals surface area contributed by atoms with Crippen LogP contribution in [0.2, 0.25) is 0 Å². The Hall–Kier alpha value is -1.41. The Balaban J connectivity index is 3.16. The molecule has 1 aromatic rings. The molecule has 0 aromatic heterocycles. The Morgan fingerprint density at radius 3 is 2.52 bits per heavy atom. The molecule has 2 N–H and O–H groups in total. The molecule has 0 heterocycles. The van der Waals surface area contributed by atoms with Gasteiger partial charge in [0.2, 0.25) is 5.91 Å². The van der Waals surface area contributed by atoms with Gasteiger partial charge in [0.1, 0.15) is 5.25 Å². The first kappa shape index (κ1) is 17.6. The van der Waals surface area contributed by atoms with Gasteiger partial charge in [0.15, 0.2) is 9.84 Å². The summed E-state index contributed by atoms with van der Waals surface area (Å²) in [7, 11) is -3.94. The van der Waals surface area contributed by atoms with Crippen LogP contribution in [0.3, 0.4) is 0 Å². The second-order valence-electron chi connectivity index (χ2n) is 4.43. The summed E-state index contributed by atoms with van der Waals surface area (Å²) >= 11 is 3.04. The van der Waals surface area contributed by atoms with Crippen molar-refractivity contribution >= 4 is 37.6 Å². The van der Waals surface area contributed by atoms with Crippen LogP contribution in [0.25, 0.3) is 0 Å². The number of carboxylic acids is 1. The molecule has 0 aliphatic carbocycles. The first-order chi connectivity index (χ1) is 9.71. The fourth-order valence-corrected chi connectivity index (χ4v) is 3.31. The van der Waals surface area contributed by atoms with E-state index in [4.69, 9.17) is 5.11 Å². The monoisotopic (exact) mass is 377 g/mol. The van der Waals surface area contributed by atoms with E-state index < -0.39 is 27.0 Å². The number of hydrogen-bond donors (Lipinski definition) is 2. The van der Waals surface area contributed by atoms with Gasteiger partial charge in [-0.1, -0.05) is 6.92 Å². The van der Waals surface area contributed by atoms with Crippen LogP contribution >= 0.6 is 15.9 Å². The van der Waals surface area contributed by atoms with E-state index in [0.717, 1.165) is 6.07 Å². The molecular formula is C13H16BrNO5S. The van der Waals surface area contributed by atoms with Crippen LogP contribution in [0.1, 0.15) is 30.6 Å². The number of carbonyl (C=O) groups is 2. The molecule has 6 nitrogen and oxygen atoms in total. The minimum Gasteiger partial charge on any atom is -0.478 e. The van der Waals surface area contributed by atoms with Crippen LogP contribution in [0.5, 0.6) is 0 Å². The van der Waals surface area contributed by atoms with Gasteiger partial charge in [0.25, 0.3) is 0 Å². The summed E-state index contributed by atoms with van der Waals surface area (Å²) in [5, 5.41) is 10.2. The Labute approximate surface area is 131 Å². The Kier molecular flexibility index (Phi) is 5.91. The van der Waals surface area contributed by atoms with Crippen LogP contribution in [0.15, 0.2) is 27.6 Å². The fourth-order valence-electron chi connectivity index (χ4n) is 1.58. The lowest BCUT2D eigenvalue weighted by Gasteiger charge is -2.13. The lowest BCUT2D eigenvalue weighted by Crippen LogP contribution is -2.38. The molecule has 0 bridgehead atoms. The van der Waals surface area contributed by atoms with Crippen molar-refractivity contribution in [2.24, 2.45) is 0 Å². The van der Waals surface area contributed by atoms with Gasteiger partial charge in [0, 0.05) is 11.0 Å². The molecule has 0 saturated carbocycles. The van der Waals surface area contributed by atoms with Gasteiger partial charge in [-0.05, 0) is 47.5 Å². The van der Waals surface area contributed by atoms with Crippen molar-refractivity contribution in [2.75, 3.05) is 6.54 Å². The number of rotatable bonds is 6. The smallest absolute Gasteiger partial charge is 0.336 e. The lowest BCUT2D eigenvalue weighted by atomic mass is 10.2. The quantitative estimate of drug-likeness (QED) is 0.787. The van der Waals surface area contributed by atoms with E-state index in [2.05, 4.69) is 21.2 Å². The zero-order valence-corrected chi connectivity index (χ0v) is 14.0. The topological polar surface area (TPSA) is 101 Å². The predicted octanol–water partition coefficient (Wildman–Crippen LogP) is 1.84. The lowest BCUT2D eigenvalue weighted by molar-refractivity contribution is -0.120. The average Bonchev–Trinajstić information content (AvgIpc) is 2.43. The molecule has 8 heteroatoms. The maximum atomic E-state index is 12.4. The van der Waals surface area contributed by atoms with E-state index in [1.165, 1.54) is 19.1 Å². The largest absolute Gasteiger partial charge is 0.478 e. The highest BCUT2D eigenvalue weighted by Crippen LogP contribution is 2.23. The molecule has 0 spiro atoms. The SMILES string of the molecule is CCCNC(=O)C(C)S(=O)(=O)c1ccc(Br)c(C(=O)O)c1. The molecule has 0 radical (unpaired) electrons. The molecule has 1 unspecified atom stereocenters. The molecule has 0 saturated heterocycles. The summed E-state index contributed by atoms with van der Waals surface area (Å²) in [6.45, 7) is 3.52. The van der Waals surface area contributed by atoms with Gasteiger partial charge < -0.3 is 10.4 Å². The van der Waals surface area contributed by atoms with Crippen molar-refractivity contribution in [1.29, 1.82) is 0 Å². The van der Waals surface area contributed by atoms with Gasteiger partial charge in [-0.3, -0.25) is 4.79 Å². The van der Waals surface area contributed by atoms with Gasteiger partial charge in [-0.15, -0.1) is 0 Å². The summed E-state index contributed by atoms with van der Waals surface area (Å²) in [6, 6.07) is 3.66. The molecule has 1 rings (SSSR count). The zero-order valence-electron chi connectivity index (χ0n) is 11.6. The van der Waals surface area contributed by atoms with Gasteiger partial charge in [-0.25, -0.2) is 13.2 Å². The molecule has 21 heavy (non-hydrogen) atoms. The van der Waals surface area contributed by atoms with Crippen LogP contribution in [-0.2, 0) is 14.6 Å². The third-order valence-electron chi connectivity index (χ3n) is 2.88. The van der Waals surface area contributed by atoms with Gasteiger partial charge >= 0.3 is 5.97 Å². The Morgan fingerprint density at radius 1 is 1.38 bits per heavy atom. The second-order valence-corrected chi connectivity index (χ2v) is 7.55. The number of halogens is 1. The highest BCUT2D eigenvalue weighted by Gasteiger charge is 2.30. The molecule has 0 aliphatic heterocycles. The first-order valence-corrected chi connectivity index (χ1v) is 8.60. The maximum Gasteiger partial charge on any atom is 0.336 e. The van der Waals surface area contributed by atoms with Crippen LogP contribution < -0.4 is 5.32 Å². The number of hydrogen-bond acceptors (Lipinski definition) is 4. The van der Waals surface area contributed by atoms with Gasteiger partial charge in [-0.2, -0.15) is 0 Å². The fraction of sp³-hybridized carbons (Fsp3) is 0.385. The molecule has 0 fully saturated rings. The summed E-state index contributed by atoms with van der Waals surface area (Å²) in [6.07, 6.45) is 0.694. The summed E-state index contributed by atoms with van der Waals surface area (Å²) in [4.78, 5) is 22.6. The molecular weight excluding hydrogens is 362 g/mol. The summed E-state index contributed by atoms with van der Waals surface area (Å²) < 4.78 is 25.0. The molecule has 116 valence electrons. The van der Waals surface area contributed by atoms with E-state index in [1.54, 1.807) is 0 Å². The zero-order chi connectivity index (χ0) is 16.2. The molecule has 1 aromatic carbocycles. The number of carboxylic acid groups (broad SMARTS) is 1. The number of nitrogens with one attached hydrogen (secondary N) is 1. The second kappa shape index (κ2) is 7.04. The average molecular weight is 378 g/mol. The number of amides is 1. The van der Waals surface area contributed by atoms with E-state index in [-0.39, 0.29) is 14.9 Å². The van der Waals surface area contributed by atoms with Crippen molar-refractivity contribution in [3.8, 4) is 0 Å². The van der Waals surface area contributed by atoms with Crippen LogP contribution in [-0.4, -0.2) is 37.2 Å². The highest BCUT2D eigenvalue weighted by atomic mass is 79.9. The van der Waals surface area contributed by atoms with Gasteiger partial charge in [0.05, 0.1) is 10.5 Å². The van der Waals surface area contributed by atoms with Crippen LogP contribution in [0, 0.1) is 0 Å². The van der Waals surface area contributed by atoms with Crippen molar-refractivity contribution in [2.45, 2.75) is 30.4 Å². The van der Waals surface area contributed by atoms with E-state index in [9.17, 15) is 18.0 Å². The summed E-state index contributed by atoms with van der Waals surface area (Å²) in [5.41, 5.74) is -0.169. The summed E-state index contributed by atoms with van der Waals surface area (Å²) in [5.74, 6) is -1.85. The van der Waals surface area contributed by atoms with Crippen LogP contribution in [0.4, 0.5) is 0 Å². The first-order valence-electron chi connectivity index (χ1n) is 6.26. The minimum atomic E-state index is -3.94. The standard InChI is InChI=1S/C13H16BrNO5S/c1-3-6-15-12(16)8(2)21(19,20)9-4-5-11(14)10(7-9)13(17)18/h4-5,7-8H,3,6H2,1-2H3,(H,15,16)(H,17,18). The van der Waals surface area contributed by atoms with Crippen molar-refractivity contribution in [3.63, 3.8) is 0 Å². The normalized spacial score (nSPS) is 12.7. The van der Waals surface area contributed by atoms with Crippen molar-refractivity contribution in [3.05, 3.63) is 28.2 Å². The predicted molar refractivity (Wildman–Crippen MR) is 81.0 cm³/mol. The number of aromatic carboxylic acids is 1. The minimum absolute atomic E-state index is 0.169. The highest BCUT2D eigenvalue weighted by molar-refractivity contribution is 9.10. The molecule has 1 amide bonds. The van der Waals surface area contributed by atoms with Crippen molar-refractivity contribution in [1.82, 2.24) is 5.32 Å². The number of carbonyl (C=O) groups excluding carboxylic acids is 1.